The van der Waals surface area contributed by atoms with Gasteiger partial charge in [0.15, 0.2) is 0 Å². The van der Waals surface area contributed by atoms with E-state index >= 15 is 0 Å². The molecule has 2 fully saturated rings. The Hall–Kier alpha value is -1.92. The van der Waals surface area contributed by atoms with Crippen molar-refractivity contribution in [3.05, 3.63) is 35.4 Å². The van der Waals surface area contributed by atoms with E-state index in [1.807, 2.05) is 29.2 Å². The summed E-state index contributed by atoms with van der Waals surface area (Å²) in [6, 6.07) is 7.57. The summed E-state index contributed by atoms with van der Waals surface area (Å²) >= 11 is 0. The van der Waals surface area contributed by atoms with Gasteiger partial charge in [-0.25, -0.2) is 0 Å². The van der Waals surface area contributed by atoms with Crippen LogP contribution in [0.15, 0.2) is 24.3 Å². The van der Waals surface area contributed by atoms with Crippen LogP contribution in [0.25, 0.3) is 0 Å². The van der Waals surface area contributed by atoms with Gasteiger partial charge in [0.05, 0.1) is 6.54 Å². The fourth-order valence-electron chi connectivity index (χ4n) is 3.20. The molecule has 0 aliphatic carbocycles. The van der Waals surface area contributed by atoms with E-state index < -0.39 is 0 Å². The van der Waals surface area contributed by atoms with Crippen molar-refractivity contribution >= 4 is 11.8 Å². The van der Waals surface area contributed by atoms with Crippen LogP contribution in [0.3, 0.4) is 0 Å². The second kappa shape index (κ2) is 8.26. The lowest BCUT2D eigenvalue weighted by Crippen LogP contribution is -2.47. The standard InChI is InChI=1S/C18H26N4O2/c23-17(14-21-11-7-19-8-12-21)20-13-15-3-5-16(6-4-15)18(24)22-9-1-2-10-22/h3-6,19H,1-2,7-14H2,(H,20,23). The minimum Gasteiger partial charge on any atom is -0.351 e. The molecule has 0 radical (unpaired) electrons. The number of piperazine rings is 1. The largest absolute Gasteiger partial charge is 0.351 e. The van der Waals surface area contributed by atoms with Crippen molar-refractivity contribution in [3.63, 3.8) is 0 Å². The topological polar surface area (TPSA) is 64.7 Å². The Balaban J connectivity index is 1.45. The molecule has 2 aliphatic rings. The number of carbonyl (C=O) groups is 2. The summed E-state index contributed by atoms with van der Waals surface area (Å²) in [5.74, 6) is 0.163. The average molecular weight is 330 g/mol. The number of carbonyl (C=O) groups excluding carboxylic acids is 2. The minimum absolute atomic E-state index is 0.0501. The number of amides is 2. The first-order valence-electron chi connectivity index (χ1n) is 8.80. The Morgan fingerprint density at radius 3 is 2.33 bits per heavy atom. The Kier molecular flexibility index (Phi) is 5.82. The van der Waals surface area contributed by atoms with Crippen LogP contribution < -0.4 is 10.6 Å². The number of hydrogen-bond acceptors (Lipinski definition) is 4. The third kappa shape index (κ3) is 4.55. The zero-order chi connectivity index (χ0) is 16.8. The molecule has 0 bridgehead atoms. The molecule has 1 aromatic rings. The predicted molar refractivity (Wildman–Crippen MR) is 92.7 cm³/mol. The highest BCUT2D eigenvalue weighted by Crippen LogP contribution is 2.13. The lowest BCUT2D eigenvalue weighted by molar-refractivity contribution is -0.122. The summed E-state index contributed by atoms with van der Waals surface area (Å²) in [7, 11) is 0. The van der Waals surface area contributed by atoms with Crippen molar-refractivity contribution in [1.29, 1.82) is 0 Å². The number of hydrogen-bond donors (Lipinski definition) is 2. The molecule has 1 aromatic carbocycles. The molecular formula is C18H26N4O2. The highest BCUT2D eigenvalue weighted by molar-refractivity contribution is 5.94. The first-order valence-corrected chi connectivity index (χ1v) is 8.80. The predicted octanol–water partition coefficient (Wildman–Crippen LogP) is 0.444. The quantitative estimate of drug-likeness (QED) is 0.822. The first kappa shape index (κ1) is 16.9. The van der Waals surface area contributed by atoms with E-state index in [-0.39, 0.29) is 11.8 Å². The lowest BCUT2D eigenvalue weighted by atomic mass is 10.1. The average Bonchev–Trinajstić information content (AvgIpc) is 3.15. The maximum absolute atomic E-state index is 12.3. The van der Waals surface area contributed by atoms with Gasteiger partial charge in [0.2, 0.25) is 5.91 Å². The van der Waals surface area contributed by atoms with Crippen molar-refractivity contribution in [2.24, 2.45) is 0 Å². The van der Waals surface area contributed by atoms with Crippen molar-refractivity contribution in [3.8, 4) is 0 Å². The summed E-state index contributed by atoms with van der Waals surface area (Å²) in [6.07, 6.45) is 2.20. The molecule has 0 spiro atoms. The molecule has 2 amide bonds. The molecule has 130 valence electrons. The number of benzene rings is 1. The van der Waals surface area contributed by atoms with Crippen LogP contribution in [0.2, 0.25) is 0 Å². The van der Waals surface area contributed by atoms with E-state index in [1.165, 1.54) is 0 Å². The summed E-state index contributed by atoms with van der Waals surface area (Å²) in [5.41, 5.74) is 1.74. The van der Waals surface area contributed by atoms with Crippen molar-refractivity contribution in [2.75, 3.05) is 45.8 Å². The minimum atomic E-state index is 0.0501. The van der Waals surface area contributed by atoms with Gasteiger partial charge in [0, 0.05) is 51.4 Å². The molecule has 3 rings (SSSR count). The molecule has 0 atom stereocenters. The van der Waals surface area contributed by atoms with Crippen LogP contribution in [0.1, 0.15) is 28.8 Å². The van der Waals surface area contributed by atoms with Gasteiger partial charge >= 0.3 is 0 Å². The third-order valence-electron chi connectivity index (χ3n) is 4.66. The van der Waals surface area contributed by atoms with E-state index in [2.05, 4.69) is 15.5 Å². The monoisotopic (exact) mass is 330 g/mol. The molecule has 2 N–H and O–H groups in total. The second-order valence-corrected chi connectivity index (χ2v) is 6.50. The molecule has 0 unspecified atom stereocenters. The van der Waals surface area contributed by atoms with Crippen LogP contribution in [-0.2, 0) is 11.3 Å². The molecule has 24 heavy (non-hydrogen) atoms. The molecule has 0 aromatic heterocycles. The van der Waals surface area contributed by atoms with Gasteiger partial charge < -0.3 is 15.5 Å². The third-order valence-corrected chi connectivity index (χ3v) is 4.66. The van der Waals surface area contributed by atoms with Gasteiger partial charge in [-0.05, 0) is 30.5 Å². The van der Waals surface area contributed by atoms with Gasteiger partial charge in [0.25, 0.3) is 5.91 Å². The van der Waals surface area contributed by atoms with Gasteiger partial charge in [0.1, 0.15) is 0 Å². The van der Waals surface area contributed by atoms with Gasteiger partial charge in [-0.15, -0.1) is 0 Å². The molecule has 2 saturated heterocycles. The van der Waals surface area contributed by atoms with Crippen LogP contribution in [0.4, 0.5) is 0 Å². The molecular weight excluding hydrogens is 304 g/mol. The number of nitrogens with zero attached hydrogens (tertiary/aromatic N) is 2. The van der Waals surface area contributed by atoms with E-state index in [0.717, 1.165) is 63.2 Å². The molecule has 2 heterocycles. The first-order chi connectivity index (χ1) is 11.7. The highest BCUT2D eigenvalue weighted by atomic mass is 16.2. The zero-order valence-electron chi connectivity index (χ0n) is 14.1. The Morgan fingerprint density at radius 2 is 1.67 bits per heavy atom. The SMILES string of the molecule is O=C(CN1CCNCC1)NCc1ccc(C(=O)N2CCCC2)cc1. The van der Waals surface area contributed by atoms with Gasteiger partial charge in [-0.2, -0.15) is 0 Å². The Labute approximate surface area is 143 Å². The maximum atomic E-state index is 12.3. The van der Waals surface area contributed by atoms with E-state index in [0.29, 0.717) is 13.1 Å². The van der Waals surface area contributed by atoms with E-state index in [9.17, 15) is 9.59 Å². The molecule has 6 nitrogen and oxygen atoms in total. The summed E-state index contributed by atoms with van der Waals surface area (Å²) in [4.78, 5) is 28.4. The van der Waals surface area contributed by atoms with Crippen LogP contribution in [0.5, 0.6) is 0 Å². The van der Waals surface area contributed by atoms with Crippen molar-refractivity contribution < 1.29 is 9.59 Å². The summed E-state index contributed by atoms with van der Waals surface area (Å²) < 4.78 is 0. The normalized spacial score (nSPS) is 18.6. The summed E-state index contributed by atoms with van der Waals surface area (Å²) in [6.45, 7) is 6.41. The smallest absolute Gasteiger partial charge is 0.253 e. The van der Waals surface area contributed by atoms with Crippen LogP contribution >= 0.6 is 0 Å². The fourth-order valence-corrected chi connectivity index (χ4v) is 3.20. The molecule has 2 aliphatic heterocycles. The van der Waals surface area contributed by atoms with Gasteiger partial charge in [-0.1, -0.05) is 12.1 Å². The van der Waals surface area contributed by atoms with Crippen LogP contribution in [0, 0.1) is 0 Å². The Bertz CT molecular complexity index is 561. The maximum Gasteiger partial charge on any atom is 0.253 e. The lowest BCUT2D eigenvalue weighted by Gasteiger charge is -2.26. The highest BCUT2D eigenvalue weighted by Gasteiger charge is 2.19. The second-order valence-electron chi connectivity index (χ2n) is 6.50. The number of rotatable bonds is 5. The zero-order valence-corrected chi connectivity index (χ0v) is 14.1. The van der Waals surface area contributed by atoms with Crippen LogP contribution in [-0.4, -0.2) is 67.4 Å². The number of nitrogens with one attached hydrogen (secondary N) is 2. The van der Waals surface area contributed by atoms with E-state index in [1.54, 1.807) is 0 Å². The van der Waals surface area contributed by atoms with Crippen molar-refractivity contribution in [1.82, 2.24) is 20.4 Å². The Morgan fingerprint density at radius 1 is 1.00 bits per heavy atom. The molecule has 6 heteroatoms. The summed E-state index contributed by atoms with van der Waals surface area (Å²) in [5, 5.41) is 6.23. The van der Waals surface area contributed by atoms with Gasteiger partial charge in [-0.3, -0.25) is 14.5 Å². The number of likely N-dealkylation sites (tertiary alicyclic amines) is 1. The van der Waals surface area contributed by atoms with E-state index in [4.69, 9.17) is 0 Å². The van der Waals surface area contributed by atoms with Crippen molar-refractivity contribution in [2.45, 2.75) is 19.4 Å². The fraction of sp³-hybridized carbons (Fsp3) is 0.556. The molecule has 0 saturated carbocycles.